The highest BCUT2D eigenvalue weighted by molar-refractivity contribution is 8.01. The summed E-state index contributed by atoms with van der Waals surface area (Å²) in [5.41, 5.74) is 0.362. The van der Waals surface area contributed by atoms with Crippen LogP contribution in [0.15, 0.2) is 28.6 Å². The van der Waals surface area contributed by atoms with Crippen molar-refractivity contribution in [3.05, 3.63) is 30.1 Å². The number of anilines is 2. The monoisotopic (exact) mass is 380 g/mol. The number of nitrogens with zero attached hydrogens (tertiary/aromatic N) is 2. The summed E-state index contributed by atoms with van der Waals surface area (Å²) in [5, 5.41) is 14.4. The smallest absolute Gasteiger partial charge is 0.230 e. The van der Waals surface area contributed by atoms with E-state index < -0.39 is 0 Å². The summed E-state index contributed by atoms with van der Waals surface area (Å²) in [4.78, 5) is 12.0. The molecule has 0 radical (unpaired) electrons. The van der Waals surface area contributed by atoms with Crippen LogP contribution in [-0.4, -0.2) is 28.4 Å². The van der Waals surface area contributed by atoms with Gasteiger partial charge in [0.25, 0.3) is 0 Å². The fourth-order valence-corrected chi connectivity index (χ4v) is 4.42. The van der Waals surface area contributed by atoms with Crippen LogP contribution < -0.4 is 10.6 Å². The van der Waals surface area contributed by atoms with Crippen molar-refractivity contribution < 1.29 is 9.18 Å². The van der Waals surface area contributed by atoms with Crippen molar-refractivity contribution in [3.63, 3.8) is 0 Å². The minimum Gasteiger partial charge on any atom is -0.355 e. The van der Waals surface area contributed by atoms with Crippen LogP contribution in [0.5, 0.6) is 0 Å². The normalized spacial score (nSPS) is 15.1. The van der Waals surface area contributed by atoms with Crippen LogP contribution in [0.4, 0.5) is 15.2 Å². The first kappa shape index (κ1) is 18.1. The fraction of sp³-hybridized carbons (Fsp3) is 0.471. The van der Waals surface area contributed by atoms with E-state index in [9.17, 15) is 9.18 Å². The minimum atomic E-state index is -0.339. The molecular formula is C17H21FN4OS2. The van der Waals surface area contributed by atoms with Gasteiger partial charge < -0.3 is 10.6 Å². The second-order valence-electron chi connectivity index (χ2n) is 6.07. The first-order valence-corrected chi connectivity index (χ1v) is 10.3. The summed E-state index contributed by atoms with van der Waals surface area (Å²) in [6, 6.07) is 6.41. The number of para-hydroxylation sites is 1. The van der Waals surface area contributed by atoms with Crippen LogP contribution in [0.25, 0.3) is 0 Å². The van der Waals surface area contributed by atoms with E-state index >= 15 is 0 Å². The molecule has 0 spiro atoms. The molecule has 1 amide bonds. The number of amides is 1. The van der Waals surface area contributed by atoms with Crippen LogP contribution in [-0.2, 0) is 4.79 Å². The van der Waals surface area contributed by atoms with Crippen molar-refractivity contribution >= 4 is 39.8 Å². The zero-order chi connectivity index (χ0) is 17.5. The maximum Gasteiger partial charge on any atom is 0.230 e. The molecule has 2 aromatic rings. The predicted octanol–water partition coefficient (Wildman–Crippen LogP) is 4.21. The van der Waals surface area contributed by atoms with Gasteiger partial charge in [-0.25, -0.2) is 4.39 Å². The summed E-state index contributed by atoms with van der Waals surface area (Å²) >= 11 is 2.66. The number of rotatable bonds is 7. The average molecular weight is 381 g/mol. The molecule has 0 aliphatic heterocycles. The number of benzene rings is 1. The van der Waals surface area contributed by atoms with Gasteiger partial charge in [0.2, 0.25) is 11.0 Å². The second kappa shape index (κ2) is 9.15. The predicted molar refractivity (Wildman–Crippen MR) is 99.9 cm³/mol. The Morgan fingerprint density at radius 2 is 2.04 bits per heavy atom. The standard InChI is InChI=1S/C17H21FN4OS2/c18-13-8-4-5-9-14(13)20-16-21-22-17(25-16)24-11-15(23)19-10-12-6-2-1-3-7-12/h4-5,8-9,12H,1-3,6-7,10-11H2,(H,19,23)(H,20,21). The van der Waals surface area contributed by atoms with E-state index in [0.29, 0.717) is 26.8 Å². The van der Waals surface area contributed by atoms with Crippen molar-refractivity contribution in [2.45, 2.75) is 36.4 Å². The van der Waals surface area contributed by atoms with Gasteiger partial charge in [-0.2, -0.15) is 0 Å². The molecule has 5 nitrogen and oxygen atoms in total. The van der Waals surface area contributed by atoms with Crippen molar-refractivity contribution in [1.29, 1.82) is 0 Å². The van der Waals surface area contributed by atoms with E-state index in [1.165, 1.54) is 61.3 Å². The highest BCUT2D eigenvalue weighted by Crippen LogP contribution is 2.28. The van der Waals surface area contributed by atoms with Gasteiger partial charge in [0, 0.05) is 6.54 Å². The lowest BCUT2D eigenvalue weighted by Gasteiger charge is -2.21. The van der Waals surface area contributed by atoms with E-state index in [-0.39, 0.29) is 11.7 Å². The maximum atomic E-state index is 13.6. The zero-order valence-corrected chi connectivity index (χ0v) is 15.5. The molecule has 1 aliphatic carbocycles. The maximum absolute atomic E-state index is 13.6. The molecule has 1 fully saturated rings. The van der Waals surface area contributed by atoms with Crippen LogP contribution in [0.1, 0.15) is 32.1 Å². The van der Waals surface area contributed by atoms with Crippen molar-refractivity contribution in [2.75, 3.05) is 17.6 Å². The molecule has 1 heterocycles. The van der Waals surface area contributed by atoms with Crippen LogP contribution in [0.3, 0.4) is 0 Å². The fourth-order valence-electron chi connectivity index (χ4n) is 2.82. The first-order chi connectivity index (χ1) is 12.2. The Balaban J connectivity index is 1.42. The molecular weight excluding hydrogens is 359 g/mol. The summed E-state index contributed by atoms with van der Waals surface area (Å²) in [7, 11) is 0. The van der Waals surface area contributed by atoms with E-state index in [4.69, 9.17) is 0 Å². The highest BCUT2D eigenvalue weighted by atomic mass is 32.2. The van der Waals surface area contributed by atoms with Gasteiger partial charge in [0.1, 0.15) is 5.82 Å². The van der Waals surface area contributed by atoms with Gasteiger partial charge in [-0.3, -0.25) is 4.79 Å². The largest absolute Gasteiger partial charge is 0.355 e. The van der Waals surface area contributed by atoms with Gasteiger partial charge in [-0.1, -0.05) is 54.5 Å². The molecule has 3 rings (SSSR count). The number of carbonyl (C=O) groups is 1. The third kappa shape index (κ3) is 5.67. The minimum absolute atomic E-state index is 0.0226. The molecule has 0 unspecified atom stereocenters. The molecule has 1 saturated carbocycles. The first-order valence-electron chi connectivity index (χ1n) is 8.45. The molecule has 0 bridgehead atoms. The van der Waals surface area contributed by atoms with Gasteiger partial charge >= 0.3 is 0 Å². The number of hydrogen-bond acceptors (Lipinski definition) is 6. The topological polar surface area (TPSA) is 66.9 Å². The summed E-state index contributed by atoms with van der Waals surface area (Å²) < 4.78 is 14.3. The third-order valence-corrected chi connectivity index (χ3v) is 6.13. The number of aromatic nitrogens is 2. The number of nitrogens with one attached hydrogen (secondary N) is 2. The Morgan fingerprint density at radius 3 is 2.84 bits per heavy atom. The van der Waals surface area contributed by atoms with Crippen LogP contribution in [0.2, 0.25) is 0 Å². The van der Waals surface area contributed by atoms with E-state index in [1.54, 1.807) is 18.2 Å². The van der Waals surface area contributed by atoms with Crippen molar-refractivity contribution in [2.24, 2.45) is 5.92 Å². The Morgan fingerprint density at radius 1 is 1.24 bits per heavy atom. The van der Waals surface area contributed by atoms with E-state index in [2.05, 4.69) is 20.8 Å². The van der Waals surface area contributed by atoms with E-state index in [1.807, 2.05) is 0 Å². The lowest BCUT2D eigenvalue weighted by Crippen LogP contribution is -2.31. The molecule has 1 aromatic carbocycles. The zero-order valence-electron chi connectivity index (χ0n) is 13.8. The summed E-state index contributed by atoms with van der Waals surface area (Å²) in [5.74, 6) is 0.630. The third-order valence-electron chi connectivity index (χ3n) is 4.16. The van der Waals surface area contributed by atoms with Gasteiger partial charge in [0.15, 0.2) is 4.34 Å². The average Bonchev–Trinajstić information content (AvgIpc) is 3.08. The molecule has 0 atom stereocenters. The Kier molecular flexibility index (Phi) is 6.63. The molecule has 134 valence electrons. The van der Waals surface area contributed by atoms with Crippen molar-refractivity contribution in [1.82, 2.24) is 15.5 Å². The number of hydrogen-bond donors (Lipinski definition) is 2. The number of halogens is 1. The molecule has 2 N–H and O–H groups in total. The lowest BCUT2D eigenvalue weighted by molar-refractivity contribution is -0.118. The Hall–Kier alpha value is -1.67. The van der Waals surface area contributed by atoms with Gasteiger partial charge in [-0.05, 0) is 30.9 Å². The van der Waals surface area contributed by atoms with E-state index in [0.717, 1.165) is 6.54 Å². The summed E-state index contributed by atoms with van der Waals surface area (Å²) in [6.45, 7) is 0.773. The number of thioether (sulfide) groups is 1. The van der Waals surface area contributed by atoms with Crippen molar-refractivity contribution in [3.8, 4) is 0 Å². The second-order valence-corrected chi connectivity index (χ2v) is 8.27. The number of carbonyl (C=O) groups excluding carboxylic acids is 1. The molecule has 1 aliphatic rings. The molecule has 25 heavy (non-hydrogen) atoms. The summed E-state index contributed by atoms with van der Waals surface area (Å²) in [6.07, 6.45) is 6.31. The van der Waals surface area contributed by atoms with Gasteiger partial charge in [0.05, 0.1) is 11.4 Å². The molecule has 8 heteroatoms. The quantitative estimate of drug-likeness (QED) is 0.705. The Labute approximate surface area is 154 Å². The lowest BCUT2D eigenvalue weighted by atomic mass is 9.89. The van der Waals surface area contributed by atoms with Gasteiger partial charge in [-0.15, -0.1) is 10.2 Å². The molecule has 1 aromatic heterocycles. The SMILES string of the molecule is O=C(CSc1nnc(Nc2ccccc2F)s1)NCC1CCCCC1. The van der Waals surface area contributed by atoms with Crippen LogP contribution >= 0.6 is 23.1 Å². The van der Waals surface area contributed by atoms with Crippen LogP contribution in [0, 0.1) is 11.7 Å². The Bertz CT molecular complexity index is 703. The molecule has 0 saturated heterocycles. The highest BCUT2D eigenvalue weighted by Gasteiger charge is 2.15.